The van der Waals surface area contributed by atoms with Gasteiger partial charge in [-0.15, -0.1) is 0 Å². The van der Waals surface area contributed by atoms with Crippen molar-refractivity contribution < 1.29 is 4.79 Å². The van der Waals surface area contributed by atoms with Crippen LogP contribution in [0.4, 0.5) is 0 Å². The first-order valence-electron chi connectivity index (χ1n) is 3.03. The molecule has 0 aromatic rings. The molecule has 0 heterocycles. The van der Waals surface area contributed by atoms with Gasteiger partial charge in [0, 0.05) is 12.8 Å². The lowest BCUT2D eigenvalue weighted by Crippen LogP contribution is -1.99. The number of nitriles is 1. The Morgan fingerprint density at radius 2 is 2.33 bits per heavy atom. The predicted molar refractivity (Wildman–Crippen MR) is 34.7 cm³/mol. The van der Waals surface area contributed by atoms with Gasteiger partial charge in [0.25, 0.3) is 0 Å². The van der Waals surface area contributed by atoms with Gasteiger partial charge in [0.1, 0.15) is 5.78 Å². The minimum Gasteiger partial charge on any atom is -0.300 e. The average Bonchev–Trinajstić information content (AvgIpc) is 1.63. The first kappa shape index (κ1) is 8.16. The minimum atomic E-state index is 0.165. The van der Waals surface area contributed by atoms with E-state index in [2.05, 4.69) is 0 Å². The summed E-state index contributed by atoms with van der Waals surface area (Å²) in [5.74, 6) is 0.394. The molecule has 9 heavy (non-hydrogen) atoms. The highest BCUT2D eigenvalue weighted by molar-refractivity contribution is 5.75. The summed E-state index contributed by atoms with van der Waals surface area (Å²) < 4.78 is 0. The molecule has 0 rings (SSSR count). The van der Waals surface area contributed by atoms with Gasteiger partial charge in [-0.2, -0.15) is 5.26 Å². The summed E-state index contributed by atoms with van der Waals surface area (Å²) in [4.78, 5) is 10.4. The second kappa shape index (κ2) is 4.08. The van der Waals surface area contributed by atoms with E-state index in [4.69, 9.17) is 5.26 Å². The number of nitrogens with zero attached hydrogens (tertiary/aromatic N) is 1. The third kappa shape index (κ3) is 5.02. The summed E-state index contributed by atoms with van der Waals surface area (Å²) in [6.07, 6.45) is 1.02. The van der Waals surface area contributed by atoms with E-state index in [-0.39, 0.29) is 11.7 Å². The molecule has 2 nitrogen and oxygen atoms in total. The zero-order valence-electron chi connectivity index (χ0n) is 5.85. The van der Waals surface area contributed by atoms with Gasteiger partial charge in [0.15, 0.2) is 0 Å². The maximum atomic E-state index is 10.4. The predicted octanol–water partition coefficient (Wildman–Crippen LogP) is 1.52. The molecule has 0 saturated carbocycles. The van der Waals surface area contributed by atoms with E-state index in [1.54, 1.807) is 6.92 Å². The zero-order chi connectivity index (χ0) is 7.28. The third-order valence-corrected chi connectivity index (χ3v) is 1.08. The van der Waals surface area contributed by atoms with E-state index in [9.17, 15) is 4.79 Å². The Labute approximate surface area is 55.5 Å². The van der Waals surface area contributed by atoms with Crippen LogP contribution < -0.4 is 0 Å². The SMILES string of the molecule is CC(=O)C[C@H](C)CC#N. The van der Waals surface area contributed by atoms with Crippen LogP contribution in [-0.2, 0) is 4.79 Å². The molecule has 0 aliphatic heterocycles. The summed E-state index contributed by atoms with van der Waals surface area (Å²) >= 11 is 0. The van der Waals surface area contributed by atoms with Crippen molar-refractivity contribution in [1.29, 1.82) is 5.26 Å². The van der Waals surface area contributed by atoms with E-state index in [1.165, 1.54) is 0 Å². The lowest BCUT2D eigenvalue weighted by atomic mass is 10.0. The normalized spacial score (nSPS) is 12.1. The van der Waals surface area contributed by atoms with Crippen LogP contribution in [-0.4, -0.2) is 5.78 Å². The minimum absolute atomic E-state index is 0.165. The molecule has 0 radical (unpaired) electrons. The van der Waals surface area contributed by atoms with Crippen molar-refractivity contribution in [3.8, 4) is 6.07 Å². The molecule has 50 valence electrons. The lowest BCUT2D eigenvalue weighted by molar-refractivity contribution is -0.117. The first-order valence-corrected chi connectivity index (χ1v) is 3.03. The first-order chi connectivity index (χ1) is 4.16. The van der Waals surface area contributed by atoms with Crippen LogP contribution in [0.3, 0.4) is 0 Å². The Hall–Kier alpha value is -0.840. The van der Waals surface area contributed by atoms with Crippen LogP contribution in [0.25, 0.3) is 0 Å². The van der Waals surface area contributed by atoms with E-state index in [0.29, 0.717) is 12.8 Å². The highest BCUT2D eigenvalue weighted by Crippen LogP contribution is 2.05. The van der Waals surface area contributed by atoms with Crippen molar-refractivity contribution >= 4 is 5.78 Å². The molecule has 0 aromatic carbocycles. The molecular formula is C7H11NO. The van der Waals surface area contributed by atoms with Gasteiger partial charge in [-0.1, -0.05) is 6.92 Å². The van der Waals surface area contributed by atoms with Crippen molar-refractivity contribution in [2.45, 2.75) is 26.7 Å². The molecule has 0 spiro atoms. The largest absolute Gasteiger partial charge is 0.300 e. The number of hydrogen-bond donors (Lipinski definition) is 0. The van der Waals surface area contributed by atoms with E-state index in [1.807, 2.05) is 13.0 Å². The van der Waals surface area contributed by atoms with Crippen LogP contribution in [0.15, 0.2) is 0 Å². The molecule has 0 bridgehead atoms. The number of hydrogen-bond acceptors (Lipinski definition) is 2. The topological polar surface area (TPSA) is 40.9 Å². The van der Waals surface area contributed by atoms with Gasteiger partial charge in [0.05, 0.1) is 6.07 Å². The number of carbonyl (C=O) groups excluding carboxylic acids is 1. The fourth-order valence-electron chi connectivity index (χ4n) is 0.719. The second-order valence-corrected chi connectivity index (χ2v) is 2.37. The molecule has 0 fully saturated rings. The van der Waals surface area contributed by atoms with Gasteiger partial charge in [-0.05, 0) is 12.8 Å². The van der Waals surface area contributed by atoms with E-state index in [0.717, 1.165) is 0 Å². The Balaban J connectivity index is 3.40. The van der Waals surface area contributed by atoms with Crippen LogP contribution in [0, 0.1) is 17.2 Å². The van der Waals surface area contributed by atoms with Crippen molar-refractivity contribution in [1.82, 2.24) is 0 Å². The number of ketones is 1. The Bertz CT molecular complexity index is 134. The monoisotopic (exact) mass is 125 g/mol. The molecule has 0 aromatic heterocycles. The van der Waals surface area contributed by atoms with Crippen molar-refractivity contribution in [2.75, 3.05) is 0 Å². The average molecular weight is 125 g/mol. The fraction of sp³-hybridized carbons (Fsp3) is 0.714. The van der Waals surface area contributed by atoms with Crippen molar-refractivity contribution in [2.24, 2.45) is 5.92 Å². The molecule has 0 aliphatic carbocycles. The second-order valence-electron chi connectivity index (χ2n) is 2.37. The molecular weight excluding hydrogens is 114 g/mol. The van der Waals surface area contributed by atoms with Crippen LogP contribution in [0.5, 0.6) is 0 Å². The molecule has 0 saturated heterocycles. The highest BCUT2D eigenvalue weighted by Gasteiger charge is 2.02. The van der Waals surface area contributed by atoms with Crippen molar-refractivity contribution in [3.63, 3.8) is 0 Å². The molecule has 0 amide bonds. The zero-order valence-corrected chi connectivity index (χ0v) is 5.85. The van der Waals surface area contributed by atoms with E-state index < -0.39 is 0 Å². The Morgan fingerprint density at radius 3 is 2.67 bits per heavy atom. The Kier molecular flexibility index (Phi) is 3.70. The third-order valence-electron chi connectivity index (χ3n) is 1.08. The standard InChI is InChI=1S/C7H11NO/c1-6(3-4-8)5-7(2)9/h6H,3,5H2,1-2H3/t6-/m1/s1. The molecule has 0 aliphatic rings. The fourth-order valence-corrected chi connectivity index (χ4v) is 0.719. The maximum absolute atomic E-state index is 10.4. The van der Waals surface area contributed by atoms with Crippen LogP contribution >= 0.6 is 0 Å². The summed E-state index contributed by atoms with van der Waals surface area (Å²) in [5, 5.41) is 8.19. The van der Waals surface area contributed by atoms with E-state index >= 15 is 0 Å². The number of carbonyl (C=O) groups is 1. The van der Waals surface area contributed by atoms with Gasteiger partial charge >= 0.3 is 0 Å². The Morgan fingerprint density at radius 1 is 1.78 bits per heavy atom. The lowest BCUT2D eigenvalue weighted by Gasteiger charge is -2.00. The maximum Gasteiger partial charge on any atom is 0.130 e. The summed E-state index contributed by atoms with van der Waals surface area (Å²) in [7, 11) is 0. The number of Topliss-reactive ketones (excluding diaryl/α,β-unsaturated/α-hetero) is 1. The smallest absolute Gasteiger partial charge is 0.130 e. The molecule has 0 N–H and O–H groups in total. The van der Waals surface area contributed by atoms with Gasteiger partial charge in [-0.25, -0.2) is 0 Å². The van der Waals surface area contributed by atoms with Crippen molar-refractivity contribution in [3.05, 3.63) is 0 Å². The van der Waals surface area contributed by atoms with Gasteiger partial charge in [-0.3, -0.25) is 0 Å². The summed E-state index contributed by atoms with van der Waals surface area (Å²) in [6, 6.07) is 2.02. The van der Waals surface area contributed by atoms with Gasteiger partial charge < -0.3 is 4.79 Å². The summed E-state index contributed by atoms with van der Waals surface area (Å²) in [6.45, 7) is 3.46. The van der Waals surface area contributed by atoms with Crippen LogP contribution in [0.1, 0.15) is 26.7 Å². The van der Waals surface area contributed by atoms with Crippen LogP contribution in [0.2, 0.25) is 0 Å². The molecule has 1 atom stereocenters. The quantitative estimate of drug-likeness (QED) is 0.573. The molecule has 0 unspecified atom stereocenters. The van der Waals surface area contributed by atoms with Gasteiger partial charge in [0.2, 0.25) is 0 Å². The molecule has 2 heteroatoms. The summed E-state index contributed by atoms with van der Waals surface area (Å²) in [5.41, 5.74) is 0. The number of rotatable bonds is 3. The highest BCUT2D eigenvalue weighted by atomic mass is 16.1.